The maximum atomic E-state index is 13.2. The van der Waals surface area contributed by atoms with Gasteiger partial charge in [0.1, 0.15) is 5.82 Å². The van der Waals surface area contributed by atoms with Gasteiger partial charge in [-0.15, -0.1) is 0 Å². The van der Waals surface area contributed by atoms with Crippen molar-refractivity contribution in [1.82, 2.24) is 10.6 Å². The van der Waals surface area contributed by atoms with E-state index in [1.54, 1.807) is 20.0 Å². The zero-order valence-electron chi connectivity index (χ0n) is 13.3. The molecule has 0 aliphatic rings. The summed E-state index contributed by atoms with van der Waals surface area (Å²) in [6.45, 7) is 5.16. The summed E-state index contributed by atoms with van der Waals surface area (Å²) in [5.74, 6) is 0.550. The average molecular weight is 299 g/mol. The molecule has 0 aliphatic carbocycles. The normalized spacial score (nSPS) is 11.4. The fourth-order valence-corrected chi connectivity index (χ4v) is 2.23. The minimum absolute atomic E-state index is 0.175. The Balaban J connectivity index is 1.88. The summed E-state index contributed by atoms with van der Waals surface area (Å²) in [5.41, 5.74) is 4.13. The average Bonchev–Trinajstić information content (AvgIpc) is 2.51. The number of rotatable bonds is 4. The monoisotopic (exact) mass is 299 g/mol. The van der Waals surface area contributed by atoms with Gasteiger partial charge < -0.3 is 10.6 Å². The zero-order chi connectivity index (χ0) is 15.9. The first-order chi connectivity index (χ1) is 10.6. The molecule has 2 N–H and O–H groups in total. The lowest BCUT2D eigenvalue weighted by atomic mass is 10.1. The summed E-state index contributed by atoms with van der Waals surface area (Å²) < 4.78 is 13.2. The molecule has 0 saturated heterocycles. The molecule has 2 aromatic carbocycles. The van der Waals surface area contributed by atoms with Crippen LogP contribution in [0.25, 0.3) is 0 Å². The lowest BCUT2D eigenvalue weighted by Gasteiger charge is -2.12. The Kier molecular flexibility index (Phi) is 5.53. The highest BCUT2D eigenvalue weighted by atomic mass is 19.1. The number of nitrogens with zero attached hydrogens (tertiary/aromatic N) is 1. The van der Waals surface area contributed by atoms with Crippen molar-refractivity contribution in [1.29, 1.82) is 0 Å². The van der Waals surface area contributed by atoms with Crippen LogP contribution in [0.1, 0.15) is 22.3 Å². The molecule has 0 bridgehead atoms. The smallest absolute Gasteiger partial charge is 0.191 e. The van der Waals surface area contributed by atoms with Crippen LogP contribution < -0.4 is 10.6 Å². The van der Waals surface area contributed by atoms with E-state index in [1.807, 2.05) is 12.1 Å². The van der Waals surface area contributed by atoms with Crippen LogP contribution in [0.5, 0.6) is 0 Å². The number of hydrogen-bond donors (Lipinski definition) is 2. The third-order valence-electron chi connectivity index (χ3n) is 3.45. The lowest BCUT2D eigenvalue weighted by Crippen LogP contribution is -2.36. The first kappa shape index (κ1) is 16.0. The molecule has 0 aliphatic heterocycles. The second kappa shape index (κ2) is 7.59. The lowest BCUT2D eigenvalue weighted by molar-refractivity contribution is 0.617. The Morgan fingerprint density at radius 2 is 1.68 bits per heavy atom. The summed E-state index contributed by atoms with van der Waals surface area (Å²) in [5, 5.41) is 6.51. The van der Waals surface area contributed by atoms with Crippen LogP contribution >= 0.6 is 0 Å². The zero-order valence-corrected chi connectivity index (χ0v) is 13.3. The number of nitrogens with one attached hydrogen (secondary N) is 2. The second-order valence-electron chi connectivity index (χ2n) is 5.35. The van der Waals surface area contributed by atoms with Gasteiger partial charge in [-0.3, -0.25) is 4.99 Å². The molecule has 0 amide bonds. The van der Waals surface area contributed by atoms with Gasteiger partial charge in [-0.2, -0.15) is 0 Å². The first-order valence-corrected chi connectivity index (χ1v) is 7.33. The van der Waals surface area contributed by atoms with Crippen molar-refractivity contribution in [2.75, 3.05) is 7.05 Å². The number of aryl methyl sites for hydroxylation is 2. The largest absolute Gasteiger partial charge is 0.352 e. The summed E-state index contributed by atoms with van der Waals surface area (Å²) >= 11 is 0. The maximum absolute atomic E-state index is 13.2. The predicted molar refractivity (Wildman–Crippen MR) is 89.4 cm³/mol. The van der Waals surface area contributed by atoms with Crippen molar-refractivity contribution in [3.05, 3.63) is 70.5 Å². The Morgan fingerprint density at radius 3 is 2.27 bits per heavy atom. The number of hydrogen-bond acceptors (Lipinski definition) is 1. The molecule has 0 unspecified atom stereocenters. The van der Waals surface area contributed by atoms with Gasteiger partial charge in [-0.1, -0.05) is 42.0 Å². The molecular formula is C18H22FN3. The third-order valence-corrected chi connectivity index (χ3v) is 3.45. The molecular weight excluding hydrogens is 277 g/mol. The SMILES string of the molecule is CN=C(NCc1cccc(C)c1)NCc1ccc(F)c(C)c1. The molecule has 4 heteroatoms. The van der Waals surface area contributed by atoms with Crippen molar-refractivity contribution in [2.45, 2.75) is 26.9 Å². The summed E-state index contributed by atoms with van der Waals surface area (Å²) in [6, 6.07) is 13.5. The van der Waals surface area contributed by atoms with E-state index >= 15 is 0 Å². The van der Waals surface area contributed by atoms with Gasteiger partial charge in [0.2, 0.25) is 0 Å². The molecule has 0 atom stereocenters. The fraction of sp³-hybridized carbons (Fsp3) is 0.278. The van der Waals surface area contributed by atoms with E-state index in [0.717, 1.165) is 11.5 Å². The highest BCUT2D eigenvalue weighted by molar-refractivity contribution is 5.79. The topological polar surface area (TPSA) is 36.4 Å². The fourth-order valence-electron chi connectivity index (χ4n) is 2.23. The first-order valence-electron chi connectivity index (χ1n) is 7.33. The van der Waals surface area contributed by atoms with Crippen molar-refractivity contribution < 1.29 is 4.39 Å². The summed E-state index contributed by atoms with van der Waals surface area (Å²) in [4.78, 5) is 4.20. The molecule has 2 aromatic rings. The van der Waals surface area contributed by atoms with Crippen LogP contribution in [0.15, 0.2) is 47.5 Å². The highest BCUT2D eigenvalue weighted by Crippen LogP contribution is 2.09. The van der Waals surface area contributed by atoms with Gasteiger partial charge in [-0.25, -0.2) is 4.39 Å². The number of halogens is 1. The van der Waals surface area contributed by atoms with Gasteiger partial charge in [0.05, 0.1) is 0 Å². The van der Waals surface area contributed by atoms with Crippen LogP contribution in [0, 0.1) is 19.7 Å². The highest BCUT2D eigenvalue weighted by Gasteiger charge is 2.02. The van der Waals surface area contributed by atoms with Crippen molar-refractivity contribution in [3.8, 4) is 0 Å². The molecule has 2 rings (SSSR count). The van der Waals surface area contributed by atoms with Crippen LogP contribution in [0.3, 0.4) is 0 Å². The van der Waals surface area contributed by atoms with Crippen molar-refractivity contribution >= 4 is 5.96 Å². The van der Waals surface area contributed by atoms with Crippen LogP contribution in [-0.4, -0.2) is 13.0 Å². The molecule has 22 heavy (non-hydrogen) atoms. The minimum Gasteiger partial charge on any atom is -0.352 e. The van der Waals surface area contributed by atoms with Crippen molar-refractivity contribution in [3.63, 3.8) is 0 Å². The molecule has 0 aromatic heterocycles. The Bertz CT molecular complexity index is 665. The third kappa shape index (κ3) is 4.58. The Labute approximate surface area is 131 Å². The minimum atomic E-state index is -0.175. The van der Waals surface area contributed by atoms with E-state index in [0.29, 0.717) is 18.7 Å². The van der Waals surface area contributed by atoms with Gasteiger partial charge in [0, 0.05) is 20.1 Å². The van der Waals surface area contributed by atoms with Gasteiger partial charge in [0.25, 0.3) is 0 Å². The predicted octanol–water partition coefficient (Wildman–Crippen LogP) is 3.31. The quantitative estimate of drug-likeness (QED) is 0.671. The summed E-state index contributed by atoms with van der Waals surface area (Å²) in [7, 11) is 1.74. The molecule has 116 valence electrons. The van der Waals surface area contributed by atoms with E-state index in [2.05, 4.69) is 40.7 Å². The van der Waals surface area contributed by atoms with E-state index in [1.165, 1.54) is 17.2 Å². The van der Waals surface area contributed by atoms with Gasteiger partial charge in [0.15, 0.2) is 5.96 Å². The number of guanidine groups is 1. The van der Waals surface area contributed by atoms with E-state index < -0.39 is 0 Å². The van der Waals surface area contributed by atoms with Crippen LogP contribution in [-0.2, 0) is 13.1 Å². The van der Waals surface area contributed by atoms with E-state index in [9.17, 15) is 4.39 Å². The molecule has 0 saturated carbocycles. The van der Waals surface area contributed by atoms with Crippen LogP contribution in [0.4, 0.5) is 4.39 Å². The Hall–Kier alpha value is -2.36. The molecule has 3 nitrogen and oxygen atoms in total. The molecule has 0 spiro atoms. The van der Waals surface area contributed by atoms with Crippen molar-refractivity contribution in [2.24, 2.45) is 4.99 Å². The molecule has 0 fully saturated rings. The molecule has 0 radical (unpaired) electrons. The molecule has 0 heterocycles. The van der Waals surface area contributed by atoms with E-state index in [4.69, 9.17) is 0 Å². The standard InChI is InChI=1S/C18H22FN3/c1-13-5-4-6-15(9-13)11-21-18(20-3)22-12-16-7-8-17(19)14(2)10-16/h4-10H,11-12H2,1-3H3,(H2,20,21,22). The van der Waals surface area contributed by atoms with Gasteiger partial charge >= 0.3 is 0 Å². The maximum Gasteiger partial charge on any atom is 0.191 e. The van der Waals surface area contributed by atoms with Crippen LogP contribution in [0.2, 0.25) is 0 Å². The number of aliphatic imine (C=N–C) groups is 1. The van der Waals surface area contributed by atoms with Gasteiger partial charge in [-0.05, 0) is 36.6 Å². The second-order valence-corrected chi connectivity index (χ2v) is 5.35. The summed E-state index contributed by atoms with van der Waals surface area (Å²) in [6.07, 6.45) is 0. The Morgan fingerprint density at radius 1 is 1.00 bits per heavy atom. The van der Waals surface area contributed by atoms with E-state index in [-0.39, 0.29) is 5.82 Å². The number of benzene rings is 2.